The molecule has 6 rings (SSSR count). The second-order valence-electron chi connectivity index (χ2n) is 10.6. The van der Waals surface area contributed by atoms with Crippen molar-refractivity contribution in [3.63, 3.8) is 0 Å². The molecule has 0 aliphatic carbocycles. The maximum atomic E-state index is 15.9. The average Bonchev–Trinajstić information content (AvgIpc) is 3.68. The number of anilines is 1. The number of hydrogen-bond donors (Lipinski definition) is 1. The molecule has 44 heavy (non-hydrogen) atoms. The lowest BCUT2D eigenvalue weighted by molar-refractivity contribution is -0.129. The van der Waals surface area contributed by atoms with Crippen molar-refractivity contribution in [2.45, 2.75) is 19.5 Å². The number of pyridine rings is 2. The molecule has 1 aliphatic rings. The van der Waals surface area contributed by atoms with Crippen LogP contribution in [0.3, 0.4) is 0 Å². The predicted octanol–water partition coefficient (Wildman–Crippen LogP) is 5.69. The fraction of sp³-hybridized carbons (Fsp3) is 0.250. The summed E-state index contributed by atoms with van der Waals surface area (Å²) in [5, 5.41) is 17.0. The molecule has 0 radical (unpaired) electrons. The van der Waals surface area contributed by atoms with Gasteiger partial charge >= 0.3 is 0 Å². The summed E-state index contributed by atoms with van der Waals surface area (Å²) in [5.41, 5.74) is 3.40. The van der Waals surface area contributed by atoms with Crippen LogP contribution in [0.15, 0.2) is 60.6 Å². The van der Waals surface area contributed by atoms with E-state index in [4.69, 9.17) is 14.8 Å². The van der Waals surface area contributed by atoms with Crippen molar-refractivity contribution in [2.75, 3.05) is 38.8 Å². The molecule has 5 heterocycles. The van der Waals surface area contributed by atoms with Crippen LogP contribution in [-0.2, 0) is 11.3 Å². The Balaban J connectivity index is 1.63. The molecule has 9 nitrogen and oxygen atoms in total. The van der Waals surface area contributed by atoms with E-state index in [0.717, 1.165) is 34.6 Å². The van der Waals surface area contributed by atoms with Crippen LogP contribution < -0.4 is 9.64 Å². The molecule has 1 aromatic carbocycles. The van der Waals surface area contributed by atoms with Gasteiger partial charge in [-0.05, 0) is 42.6 Å². The number of rotatable bonds is 8. The molecule has 226 valence electrons. The Kier molecular flexibility index (Phi) is 7.87. The minimum Gasteiger partial charge on any atom is -0.490 e. The molecule has 0 fully saturated rings. The number of benzene rings is 1. The van der Waals surface area contributed by atoms with Crippen molar-refractivity contribution in [1.29, 1.82) is 0 Å². The monoisotopic (exact) mass is 616 g/mol. The maximum absolute atomic E-state index is 15.9. The number of fused-ring (bicyclic) bond motifs is 2. The molecule has 1 atom stereocenters. The van der Waals surface area contributed by atoms with Gasteiger partial charge in [0, 0.05) is 60.2 Å². The zero-order valence-corrected chi connectivity index (χ0v) is 25.2. The highest BCUT2D eigenvalue weighted by molar-refractivity contribution is 7.18. The van der Waals surface area contributed by atoms with E-state index in [9.17, 15) is 14.3 Å². The summed E-state index contributed by atoms with van der Waals surface area (Å²) in [6, 6.07) is 9.20. The third kappa shape index (κ3) is 5.09. The van der Waals surface area contributed by atoms with Crippen LogP contribution in [0.1, 0.15) is 18.7 Å². The van der Waals surface area contributed by atoms with Crippen molar-refractivity contribution in [3.8, 4) is 39.5 Å². The first-order chi connectivity index (χ1) is 21.2. The van der Waals surface area contributed by atoms with Crippen LogP contribution >= 0.6 is 11.3 Å². The highest BCUT2D eigenvalue weighted by Crippen LogP contribution is 2.47. The van der Waals surface area contributed by atoms with Crippen molar-refractivity contribution in [1.82, 2.24) is 24.6 Å². The average molecular weight is 617 g/mol. The molecule has 0 saturated heterocycles. The fourth-order valence-electron chi connectivity index (χ4n) is 5.55. The van der Waals surface area contributed by atoms with Gasteiger partial charge in [-0.3, -0.25) is 9.48 Å². The van der Waals surface area contributed by atoms with Crippen LogP contribution in [0.2, 0.25) is 0 Å². The second-order valence-corrected chi connectivity index (χ2v) is 11.5. The van der Waals surface area contributed by atoms with Gasteiger partial charge in [-0.25, -0.2) is 18.7 Å². The molecule has 12 heteroatoms. The number of ether oxygens (including phenoxy) is 1. The molecule has 1 amide bonds. The van der Waals surface area contributed by atoms with Crippen LogP contribution in [-0.4, -0.2) is 69.5 Å². The molecule has 1 aliphatic heterocycles. The Morgan fingerprint density at radius 3 is 2.70 bits per heavy atom. The van der Waals surface area contributed by atoms with Gasteiger partial charge in [0.15, 0.2) is 0 Å². The Hall–Kier alpha value is -4.68. The molecule has 5 aromatic rings. The van der Waals surface area contributed by atoms with Gasteiger partial charge in [-0.15, -0.1) is 11.3 Å². The van der Waals surface area contributed by atoms with Crippen molar-refractivity contribution < 1.29 is 23.4 Å². The Morgan fingerprint density at radius 2 is 2.00 bits per heavy atom. The van der Waals surface area contributed by atoms with Gasteiger partial charge in [0.25, 0.3) is 0 Å². The SMILES string of the molecule is C=CC(=O)N1CCn2nc(-c3nc(-c4ccc(N(C)C)nc4)c4ccsc4c3-c3c(F)cc(F)cc3OCCO)cc2[C@H]1C. The molecule has 0 unspecified atom stereocenters. The van der Waals surface area contributed by atoms with Gasteiger partial charge in [0.2, 0.25) is 5.91 Å². The van der Waals surface area contributed by atoms with E-state index in [1.807, 2.05) is 60.2 Å². The number of aliphatic hydroxyl groups is 1. The molecular weight excluding hydrogens is 586 g/mol. The van der Waals surface area contributed by atoms with E-state index in [1.165, 1.54) is 17.4 Å². The third-order valence-corrected chi connectivity index (χ3v) is 8.60. The summed E-state index contributed by atoms with van der Waals surface area (Å²) in [5.74, 6) is -1.10. The van der Waals surface area contributed by atoms with Gasteiger partial charge in [-0.1, -0.05) is 6.58 Å². The first-order valence-corrected chi connectivity index (χ1v) is 14.9. The van der Waals surface area contributed by atoms with E-state index >= 15 is 4.39 Å². The Bertz CT molecular complexity index is 1890. The highest BCUT2D eigenvalue weighted by Gasteiger charge is 2.31. The van der Waals surface area contributed by atoms with Crippen LogP contribution in [0.5, 0.6) is 5.75 Å². The van der Waals surface area contributed by atoms with Crippen molar-refractivity contribution in [3.05, 3.63) is 78.0 Å². The summed E-state index contributed by atoms with van der Waals surface area (Å²) in [4.78, 5) is 25.8. The normalized spacial score (nSPS) is 14.5. The maximum Gasteiger partial charge on any atom is 0.246 e. The Labute approximate surface area is 256 Å². The van der Waals surface area contributed by atoms with Gasteiger partial charge in [0.1, 0.15) is 41.2 Å². The number of thiophene rings is 1. The van der Waals surface area contributed by atoms with E-state index in [0.29, 0.717) is 40.4 Å². The Morgan fingerprint density at radius 1 is 1.18 bits per heavy atom. The summed E-state index contributed by atoms with van der Waals surface area (Å²) >= 11 is 1.39. The summed E-state index contributed by atoms with van der Waals surface area (Å²) in [6.07, 6.45) is 3.03. The predicted molar refractivity (Wildman–Crippen MR) is 167 cm³/mol. The number of amides is 1. The van der Waals surface area contributed by atoms with E-state index in [2.05, 4.69) is 11.6 Å². The second kappa shape index (κ2) is 11.8. The third-order valence-electron chi connectivity index (χ3n) is 7.66. The summed E-state index contributed by atoms with van der Waals surface area (Å²) in [7, 11) is 3.81. The van der Waals surface area contributed by atoms with Crippen molar-refractivity contribution >= 4 is 33.1 Å². The number of carbonyl (C=O) groups is 1. The van der Waals surface area contributed by atoms with Gasteiger partial charge < -0.3 is 19.6 Å². The zero-order valence-electron chi connectivity index (χ0n) is 24.4. The van der Waals surface area contributed by atoms with E-state index < -0.39 is 11.6 Å². The fourth-order valence-corrected chi connectivity index (χ4v) is 6.50. The number of nitrogens with zero attached hydrogens (tertiary/aromatic N) is 6. The first kappa shape index (κ1) is 29.4. The van der Waals surface area contributed by atoms with Crippen LogP contribution in [0.25, 0.3) is 43.9 Å². The number of carbonyl (C=O) groups excluding carboxylic acids is 1. The molecule has 0 bridgehead atoms. The molecule has 0 saturated carbocycles. The summed E-state index contributed by atoms with van der Waals surface area (Å²) in [6.45, 7) is 5.95. The van der Waals surface area contributed by atoms with Gasteiger partial charge in [-0.2, -0.15) is 5.10 Å². The van der Waals surface area contributed by atoms with Crippen LogP contribution in [0, 0.1) is 11.6 Å². The number of halogens is 2. The number of aliphatic hydroxyl groups excluding tert-OH is 1. The largest absolute Gasteiger partial charge is 0.490 e. The van der Waals surface area contributed by atoms with Crippen molar-refractivity contribution in [2.24, 2.45) is 0 Å². The topological polar surface area (TPSA) is 96.6 Å². The lowest BCUT2D eigenvalue weighted by Gasteiger charge is -2.33. The number of hydrogen-bond acceptors (Lipinski definition) is 8. The quantitative estimate of drug-likeness (QED) is 0.224. The molecule has 1 N–H and O–H groups in total. The van der Waals surface area contributed by atoms with Gasteiger partial charge in [0.05, 0.1) is 36.1 Å². The lowest BCUT2D eigenvalue weighted by Crippen LogP contribution is -2.40. The zero-order chi connectivity index (χ0) is 31.1. The smallest absolute Gasteiger partial charge is 0.246 e. The summed E-state index contributed by atoms with van der Waals surface area (Å²) < 4.78 is 38.5. The molecule has 0 spiro atoms. The standard InChI is InChI=1S/C32H30F2N6O3S/c1-5-27(42)39-9-10-40-24(18(39)2)16-23(37-40)31-29(28-22(34)14-20(33)15-25(28)43-12-11-41)32-21(8-13-44-32)30(36-31)19-6-7-26(35-17-19)38(3)4/h5-8,13-18,41H,1,9-12H2,2-4H3/t18-/m1/s1. The van der Waals surface area contributed by atoms with E-state index in [1.54, 1.807) is 11.1 Å². The lowest BCUT2D eigenvalue weighted by atomic mass is 9.96. The van der Waals surface area contributed by atoms with Crippen LogP contribution in [0.4, 0.5) is 14.6 Å². The first-order valence-electron chi connectivity index (χ1n) is 14.0. The molecular formula is C32H30F2N6O3S. The highest BCUT2D eigenvalue weighted by atomic mass is 32.1. The molecule has 4 aromatic heterocycles. The minimum atomic E-state index is -0.833. The number of aromatic nitrogens is 4. The van der Waals surface area contributed by atoms with E-state index in [-0.39, 0.29) is 36.5 Å². The minimum absolute atomic E-state index is 0.0184.